The Balaban J connectivity index is 1.82. The highest BCUT2D eigenvalue weighted by molar-refractivity contribution is 9.10. The van der Waals surface area contributed by atoms with Crippen molar-refractivity contribution in [3.05, 3.63) is 34.3 Å². The van der Waals surface area contributed by atoms with E-state index in [0.29, 0.717) is 5.92 Å². The lowest BCUT2D eigenvalue weighted by atomic mass is 9.82. The van der Waals surface area contributed by atoms with Gasteiger partial charge in [-0.15, -0.1) is 0 Å². The first-order valence-corrected chi connectivity index (χ1v) is 7.48. The molecule has 0 aromatic heterocycles. The summed E-state index contributed by atoms with van der Waals surface area (Å²) >= 11 is 3.37. The van der Waals surface area contributed by atoms with E-state index in [1.165, 1.54) is 25.7 Å². The molecule has 1 fully saturated rings. The molecule has 1 amide bonds. The molecule has 2 unspecified atom stereocenters. The van der Waals surface area contributed by atoms with Crippen molar-refractivity contribution in [2.45, 2.75) is 32.6 Å². The molecule has 18 heavy (non-hydrogen) atoms. The zero-order valence-electron chi connectivity index (χ0n) is 10.8. The van der Waals surface area contributed by atoms with Gasteiger partial charge in [-0.1, -0.05) is 35.7 Å². The molecule has 2 nitrogen and oxygen atoms in total. The minimum atomic E-state index is 0.0423. The van der Waals surface area contributed by atoms with Gasteiger partial charge in [0.1, 0.15) is 0 Å². The van der Waals surface area contributed by atoms with Crippen LogP contribution in [-0.4, -0.2) is 12.5 Å². The lowest BCUT2D eigenvalue weighted by Crippen LogP contribution is -2.31. The van der Waals surface area contributed by atoms with Gasteiger partial charge in [-0.3, -0.25) is 4.79 Å². The molecule has 98 valence electrons. The highest BCUT2D eigenvalue weighted by Gasteiger charge is 2.19. The molecule has 0 bridgehead atoms. The van der Waals surface area contributed by atoms with Crippen molar-refractivity contribution in [1.82, 2.24) is 5.32 Å². The summed E-state index contributed by atoms with van der Waals surface area (Å²) in [6.45, 7) is 3.13. The number of hydrogen-bond donors (Lipinski definition) is 1. The molecule has 0 spiro atoms. The van der Waals surface area contributed by atoms with Crippen LogP contribution in [0.5, 0.6) is 0 Å². The number of carbonyl (C=O) groups is 1. The summed E-state index contributed by atoms with van der Waals surface area (Å²) in [6, 6.07) is 7.50. The number of hydrogen-bond acceptors (Lipinski definition) is 1. The van der Waals surface area contributed by atoms with Crippen molar-refractivity contribution in [2.24, 2.45) is 11.8 Å². The molecule has 0 saturated heterocycles. The molecule has 0 radical (unpaired) electrons. The zero-order chi connectivity index (χ0) is 13.0. The third kappa shape index (κ3) is 3.84. The highest BCUT2D eigenvalue weighted by Crippen LogP contribution is 2.27. The number of nitrogens with one attached hydrogen (secondary N) is 1. The van der Waals surface area contributed by atoms with Gasteiger partial charge in [0.2, 0.25) is 0 Å². The van der Waals surface area contributed by atoms with Crippen molar-refractivity contribution < 1.29 is 4.79 Å². The van der Waals surface area contributed by atoms with Gasteiger partial charge in [0.05, 0.1) is 0 Å². The van der Waals surface area contributed by atoms with E-state index in [-0.39, 0.29) is 5.91 Å². The predicted octanol–water partition coefficient (Wildman–Crippen LogP) is 4.01. The molecule has 1 saturated carbocycles. The fraction of sp³-hybridized carbons (Fsp3) is 0.533. The molecule has 1 N–H and O–H groups in total. The molecule has 1 aromatic carbocycles. The molecule has 1 aliphatic rings. The van der Waals surface area contributed by atoms with Crippen molar-refractivity contribution in [3.8, 4) is 0 Å². The lowest BCUT2D eigenvalue weighted by Gasteiger charge is -2.26. The summed E-state index contributed by atoms with van der Waals surface area (Å²) in [4.78, 5) is 12.0. The van der Waals surface area contributed by atoms with Crippen LogP contribution in [0.4, 0.5) is 0 Å². The molecule has 3 heteroatoms. The van der Waals surface area contributed by atoms with E-state index in [1.54, 1.807) is 0 Å². The second-order valence-corrected chi connectivity index (χ2v) is 6.27. The van der Waals surface area contributed by atoms with E-state index >= 15 is 0 Å². The maximum absolute atomic E-state index is 12.0. The van der Waals surface area contributed by atoms with E-state index in [2.05, 4.69) is 28.2 Å². The molecule has 0 aliphatic heterocycles. The van der Waals surface area contributed by atoms with Gasteiger partial charge in [-0.05, 0) is 48.9 Å². The van der Waals surface area contributed by atoms with Gasteiger partial charge in [-0.2, -0.15) is 0 Å². The first-order valence-electron chi connectivity index (χ1n) is 6.69. The number of benzene rings is 1. The number of amides is 1. The molecular weight excluding hydrogens is 290 g/mol. The second kappa shape index (κ2) is 6.37. The molecule has 2 atom stereocenters. The van der Waals surface area contributed by atoms with Gasteiger partial charge in [0.15, 0.2) is 0 Å². The average molecular weight is 310 g/mol. The topological polar surface area (TPSA) is 29.1 Å². The SMILES string of the molecule is CC1CCCC(CNC(=O)c2ccc(Br)cc2)C1. The van der Waals surface area contributed by atoms with E-state index in [4.69, 9.17) is 0 Å². The summed E-state index contributed by atoms with van der Waals surface area (Å²) in [5.74, 6) is 1.52. The standard InChI is InChI=1S/C15H20BrNO/c1-11-3-2-4-12(9-11)10-17-15(18)13-5-7-14(16)8-6-13/h5-8,11-12H,2-4,9-10H2,1H3,(H,17,18). The monoisotopic (exact) mass is 309 g/mol. The van der Waals surface area contributed by atoms with Crippen LogP contribution in [0.2, 0.25) is 0 Å². The zero-order valence-corrected chi connectivity index (χ0v) is 12.4. The van der Waals surface area contributed by atoms with Crippen LogP contribution in [0.25, 0.3) is 0 Å². The van der Waals surface area contributed by atoms with Crippen LogP contribution in [-0.2, 0) is 0 Å². The third-order valence-corrected chi connectivity index (χ3v) is 4.23. The van der Waals surface area contributed by atoms with Crippen LogP contribution in [0.15, 0.2) is 28.7 Å². The Kier molecular flexibility index (Phi) is 4.81. The Morgan fingerprint density at radius 1 is 1.33 bits per heavy atom. The van der Waals surface area contributed by atoms with Gasteiger partial charge >= 0.3 is 0 Å². The number of rotatable bonds is 3. The smallest absolute Gasteiger partial charge is 0.251 e. The fourth-order valence-electron chi connectivity index (χ4n) is 2.69. The van der Waals surface area contributed by atoms with Crippen molar-refractivity contribution in [2.75, 3.05) is 6.54 Å². The van der Waals surface area contributed by atoms with Crippen LogP contribution in [0.3, 0.4) is 0 Å². The Morgan fingerprint density at radius 2 is 2.06 bits per heavy atom. The van der Waals surface area contributed by atoms with E-state index in [1.807, 2.05) is 24.3 Å². The maximum atomic E-state index is 12.0. The molecule has 1 aromatic rings. The van der Waals surface area contributed by atoms with Gasteiger partial charge < -0.3 is 5.32 Å². The quantitative estimate of drug-likeness (QED) is 0.898. The lowest BCUT2D eigenvalue weighted by molar-refractivity contribution is 0.0940. The number of halogens is 1. The van der Waals surface area contributed by atoms with Crippen molar-refractivity contribution >= 4 is 21.8 Å². The van der Waals surface area contributed by atoms with Gasteiger partial charge in [0.25, 0.3) is 5.91 Å². The van der Waals surface area contributed by atoms with E-state index in [0.717, 1.165) is 22.5 Å². The fourth-order valence-corrected chi connectivity index (χ4v) is 2.95. The normalized spacial score (nSPS) is 23.7. The van der Waals surface area contributed by atoms with Crippen molar-refractivity contribution in [3.63, 3.8) is 0 Å². The first kappa shape index (κ1) is 13.6. The summed E-state index contributed by atoms with van der Waals surface area (Å²) in [6.07, 6.45) is 5.16. The second-order valence-electron chi connectivity index (χ2n) is 5.35. The molecule has 2 rings (SSSR count). The highest BCUT2D eigenvalue weighted by atomic mass is 79.9. The average Bonchev–Trinajstić information content (AvgIpc) is 2.37. The molecular formula is C15H20BrNO. The Hall–Kier alpha value is -0.830. The van der Waals surface area contributed by atoms with Crippen molar-refractivity contribution in [1.29, 1.82) is 0 Å². The predicted molar refractivity (Wildman–Crippen MR) is 77.6 cm³/mol. The molecule has 0 heterocycles. The Bertz CT molecular complexity index is 401. The maximum Gasteiger partial charge on any atom is 0.251 e. The minimum Gasteiger partial charge on any atom is -0.352 e. The van der Waals surface area contributed by atoms with E-state index < -0.39 is 0 Å². The summed E-state index contributed by atoms with van der Waals surface area (Å²) in [7, 11) is 0. The number of carbonyl (C=O) groups excluding carboxylic acids is 1. The largest absolute Gasteiger partial charge is 0.352 e. The van der Waals surface area contributed by atoms with Crippen LogP contribution < -0.4 is 5.32 Å². The van der Waals surface area contributed by atoms with Gasteiger partial charge in [-0.25, -0.2) is 0 Å². The van der Waals surface area contributed by atoms with Crippen LogP contribution in [0.1, 0.15) is 43.0 Å². The summed E-state index contributed by atoms with van der Waals surface area (Å²) in [5, 5.41) is 3.05. The summed E-state index contributed by atoms with van der Waals surface area (Å²) in [5.41, 5.74) is 0.738. The van der Waals surface area contributed by atoms with Crippen LogP contribution in [0, 0.1) is 11.8 Å². The molecule has 1 aliphatic carbocycles. The first-order chi connectivity index (χ1) is 8.65. The van der Waals surface area contributed by atoms with E-state index in [9.17, 15) is 4.79 Å². The summed E-state index contributed by atoms with van der Waals surface area (Å²) < 4.78 is 1.00. The van der Waals surface area contributed by atoms with Gasteiger partial charge in [0, 0.05) is 16.6 Å². The minimum absolute atomic E-state index is 0.0423. The Labute approximate surface area is 117 Å². The van der Waals surface area contributed by atoms with Crippen LogP contribution >= 0.6 is 15.9 Å². The Morgan fingerprint density at radius 3 is 2.72 bits per heavy atom. The third-order valence-electron chi connectivity index (χ3n) is 3.70.